The minimum absolute atomic E-state index is 0.129. The molecular formula is C24H29F3N4O2. The van der Waals surface area contributed by atoms with Crippen LogP contribution in [-0.2, 0) is 15.8 Å². The molecule has 3 rings (SSSR count). The number of halogens is 3. The van der Waals surface area contributed by atoms with E-state index in [4.69, 9.17) is 0 Å². The Labute approximate surface area is 191 Å². The number of nitrogens with one attached hydrogen (secondary N) is 2. The number of hydrogen-bond acceptors (Lipinski definition) is 4. The lowest BCUT2D eigenvalue weighted by Gasteiger charge is -2.36. The van der Waals surface area contributed by atoms with Crippen LogP contribution in [0.5, 0.6) is 0 Å². The van der Waals surface area contributed by atoms with Gasteiger partial charge in [0.2, 0.25) is 11.8 Å². The maximum atomic E-state index is 12.9. The predicted octanol–water partition coefficient (Wildman–Crippen LogP) is 3.51. The molecule has 178 valence electrons. The molecule has 0 spiro atoms. The molecule has 2 N–H and O–H groups in total. The quantitative estimate of drug-likeness (QED) is 0.690. The largest absolute Gasteiger partial charge is 0.416 e. The van der Waals surface area contributed by atoms with Crippen LogP contribution < -0.4 is 15.5 Å². The number of nitrogens with zero attached hydrogens (tertiary/aromatic N) is 2. The van der Waals surface area contributed by atoms with Gasteiger partial charge in [-0.15, -0.1) is 0 Å². The summed E-state index contributed by atoms with van der Waals surface area (Å²) in [7, 11) is 0. The Morgan fingerprint density at radius 3 is 2.18 bits per heavy atom. The van der Waals surface area contributed by atoms with E-state index in [2.05, 4.69) is 10.6 Å². The van der Waals surface area contributed by atoms with Crippen LogP contribution in [0.1, 0.15) is 22.3 Å². The molecule has 0 bridgehead atoms. The van der Waals surface area contributed by atoms with E-state index in [1.165, 1.54) is 6.07 Å². The highest BCUT2D eigenvalue weighted by molar-refractivity contribution is 5.96. The standard InChI is InChI=1S/C24H29F3N4O2/c1-16-11-17(2)23(18(3)12-16)29-21(32)14-28-22(33)15-30-7-9-31(10-8-30)20-6-4-5-19(13-20)24(25,26)27/h4-6,11-13H,7-10,14-15H2,1-3H3,(H,28,33)(H,29,32). The maximum Gasteiger partial charge on any atom is 0.416 e. The zero-order chi connectivity index (χ0) is 24.2. The van der Waals surface area contributed by atoms with Crippen molar-refractivity contribution in [2.24, 2.45) is 0 Å². The van der Waals surface area contributed by atoms with E-state index in [1.807, 2.05) is 42.7 Å². The SMILES string of the molecule is Cc1cc(C)c(NC(=O)CNC(=O)CN2CCN(c3cccc(C(F)(F)F)c3)CC2)c(C)c1. The normalized spacial score (nSPS) is 14.8. The number of aryl methyl sites for hydroxylation is 3. The minimum Gasteiger partial charge on any atom is -0.369 e. The van der Waals surface area contributed by atoms with Gasteiger partial charge in [-0.05, 0) is 50.1 Å². The summed E-state index contributed by atoms with van der Waals surface area (Å²) in [4.78, 5) is 28.4. The van der Waals surface area contributed by atoms with Gasteiger partial charge in [0, 0.05) is 37.6 Å². The molecule has 0 aromatic heterocycles. The van der Waals surface area contributed by atoms with Crippen LogP contribution in [0.2, 0.25) is 0 Å². The van der Waals surface area contributed by atoms with Crippen LogP contribution >= 0.6 is 0 Å². The van der Waals surface area contributed by atoms with E-state index in [0.29, 0.717) is 31.9 Å². The zero-order valence-corrected chi connectivity index (χ0v) is 19.1. The lowest BCUT2D eigenvalue weighted by molar-refractivity contribution is -0.137. The molecule has 0 aliphatic carbocycles. The molecule has 1 aliphatic rings. The van der Waals surface area contributed by atoms with E-state index in [-0.39, 0.29) is 24.9 Å². The maximum absolute atomic E-state index is 12.9. The van der Waals surface area contributed by atoms with Crippen molar-refractivity contribution in [1.29, 1.82) is 0 Å². The van der Waals surface area contributed by atoms with Crippen LogP contribution in [0, 0.1) is 20.8 Å². The Bertz CT molecular complexity index is 992. The van der Waals surface area contributed by atoms with Gasteiger partial charge in [-0.25, -0.2) is 0 Å². The average molecular weight is 463 g/mol. The summed E-state index contributed by atoms with van der Waals surface area (Å²) >= 11 is 0. The molecule has 2 aromatic carbocycles. The third-order valence-corrected chi connectivity index (χ3v) is 5.67. The van der Waals surface area contributed by atoms with Crippen molar-refractivity contribution < 1.29 is 22.8 Å². The highest BCUT2D eigenvalue weighted by Gasteiger charge is 2.31. The van der Waals surface area contributed by atoms with Gasteiger partial charge >= 0.3 is 6.18 Å². The second-order valence-corrected chi connectivity index (χ2v) is 8.41. The number of anilines is 2. The summed E-state index contributed by atoms with van der Waals surface area (Å²) in [5, 5.41) is 5.49. The number of amides is 2. The molecule has 0 saturated carbocycles. The van der Waals surface area contributed by atoms with Crippen molar-refractivity contribution in [2.45, 2.75) is 26.9 Å². The molecule has 1 fully saturated rings. The Morgan fingerprint density at radius 1 is 0.939 bits per heavy atom. The van der Waals surface area contributed by atoms with Crippen LogP contribution in [-0.4, -0.2) is 56.0 Å². The molecule has 0 atom stereocenters. The number of carbonyl (C=O) groups is 2. The fourth-order valence-corrected chi connectivity index (χ4v) is 4.04. The summed E-state index contributed by atoms with van der Waals surface area (Å²) in [6.07, 6.45) is -4.38. The first-order valence-corrected chi connectivity index (χ1v) is 10.8. The summed E-state index contributed by atoms with van der Waals surface area (Å²) < 4.78 is 38.8. The molecule has 6 nitrogen and oxygen atoms in total. The molecule has 2 amide bonds. The number of carbonyl (C=O) groups excluding carboxylic acids is 2. The minimum atomic E-state index is -4.38. The second kappa shape index (κ2) is 10.2. The second-order valence-electron chi connectivity index (χ2n) is 8.41. The van der Waals surface area contributed by atoms with Gasteiger partial charge in [0.05, 0.1) is 18.7 Å². The third kappa shape index (κ3) is 6.71. The van der Waals surface area contributed by atoms with Crippen molar-refractivity contribution in [3.63, 3.8) is 0 Å². The molecule has 1 saturated heterocycles. The highest BCUT2D eigenvalue weighted by atomic mass is 19.4. The zero-order valence-electron chi connectivity index (χ0n) is 19.1. The first-order valence-electron chi connectivity index (χ1n) is 10.8. The number of benzene rings is 2. The lowest BCUT2D eigenvalue weighted by atomic mass is 10.1. The molecule has 9 heteroatoms. The number of alkyl halides is 3. The van der Waals surface area contributed by atoms with E-state index in [9.17, 15) is 22.8 Å². The Kier molecular flexibility index (Phi) is 7.63. The highest BCUT2D eigenvalue weighted by Crippen LogP contribution is 2.31. The van der Waals surface area contributed by atoms with Crippen molar-refractivity contribution in [3.05, 3.63) is 58.7 Å². The summed E-state index contributed by atoms with van der Waals surface area (Å²) in [6.45, 7) is 7.95. The van der Waals surface area contributed by atoms with Gasteiger partial charge in [-0.3, -0.25) is 14.5 Å². The average Bonchev–Trinajstić information content (AvgIpc) is 2.75. The predicted molar refractivity (Wildman–Crippen MR) is 122 cm³/mol. The molecule has 1 aliphatic heterocycles. The number of rotatable bonds is 6. The number of piperazine rings is 1. The van der Waals surface area contributed by atoms with Gasteiger partial charge in [-0.2, -0.15) is 13.2 Å². The summed E-state index contributed by atoms with van der Waals surface area (Å²) in [6, 6.07) is 9.25. The van der Waals surface area contributed by atoms with Gasteiger partial charge in [0.25, 0.3) is 0 Å². The number of hydrogen-bond donors (Lipinski definition) is 2. The smallest absolute Gasteiger partial charge is 0.369 e. The Hall–Kier alpha value is -3.07. The molecule has 33 heavy (non-hydrogen) atoms. The molecule has 2 aromatic rings. The molecule has 1 heterocycles. The fourth-order valence-electron chi connectivity index (χ4n) is 4.04. The van der Waals surface area contributed by atoms with Crippen molar-refractivity contribution in [2.75, 3.05) is 49.5 Å². The topological polar surface area (TPSA) is 64.7 Å². The monoisotopic (exact) mass is 462 g/mol. The van der Waals surface area contributed by atoms with Gasteiger partial charge in [0.1, 0.15) is 0 Å². The van der Waals surface area contributed by atoms with Crippen molar-refractivity contribution in [3.8, 4) is 0 Å². The third-order valence-electron chi connectivity index (χ3n) is 5.67. The first-order chi connectivity index (χ1) is 15.5. The molecule has 0 unspecified atom stereocenters. The van der Waals surface area contributed by atoms with Gasteiger partial charge in [-0.1, -0.05) is 23.8 Å². The Morgan fingerprint density at radius 2 is 1.58 bits per heavy atom. The van der Waals surface area contributed by atoms with Crippen LogP contribution in [0.15, 0.2) is 36.4 Å². The fraction of sp³-hybridized carbons (Fsp3) is 0.417. The van der Waals surface area contributed by atoms with Crippen LogP contribution in [0.4, 0.5) is 24.5 Å². The Balaban J connectivity index is 1.44. The summed E-state index contributed by atoms with van der Waals surface area (Å²) in [5.74, 6) is -0.567. The van der Waals surface area contributed by atoms with Gasteiger partial charge in [0.15, 0.2) is 0 Å². The van der Waals surface area contributed by atoms with Crippen molar-refractivity contribution >= 4 is 23.2 Å². The molecule has 0 radical (unpaired) electrons. The van der Waals surface area contributed by atoms with E-state index < -0.39 is 11.7 Å². The molecular weight excluding hydrogens is 433 g/mol. The van der Waals surface area contributed by atoms with Crippen LogP contribution in [0.25, 0.3) is 0 Å². The lowest BCUT2D eigenvalue weighted by Crippen LogP contribution is -2.50. The van der Waals surface area contributed by atoms with E-state index in [1.54, 1.807) is 6.07 Å². The van der Waals surface area contributed by atoms with E-state index >= 15 is 0 Å². The van der Waals surface area contributed by atoms with Gasteiger partial charge < -0.3 is 15.5 Å². The first kappa shape index (κ1) is 24.6. The van der Waals surface area contributed by atoms with E-state index in [0.717, 1.165) is 34.5 Å². The van der Waals surface area contributed by atoms with Crippen molar-refractivity contribution in [1.82, 2.24) is 10.2 Å². The summed E-state index contributed by atoms with van der Waals surface area (Å²) in [5.41, 5.74) is 3.65. The van der Waals surface area contributed by atoms with Crippen LogP contribution in [0.3, 0.4) is 0 Å².